The lowest BCUT2D eigenvalue weighted by molar-refractivity contribution is 0.660. The Hall–Kier alpha value is -7.68. The smallest absolute Gasteiger partial charge is 0.0538 e. The summed E-state index contributed by atoms with van der Waals surface area (Å²) in [7, 11) is 0. The summed E-state index contributed by atoms with van der Waals surface area (Å²) in [5, 5.41) is 3.87. The van der Waals surface area contributed by atoms with Crippen molar-refractivity contribution in [3.8, 4) is 50.2 Å². The van der Waals surface area contributed by atoms with Crippen LogP contribution >= 0.6 is 0 Å². The lowest BCUT2D eigenvalue weighted by Crippen LogP contribution is -2.16. The summed E-state index contributed by atoms with van der Waals surface area (Å²) < 4.78 is 2.45. The lowest BCUT2D eigenvalue weighted by atomic mass is 9.82. The third kappa shape index (κ3) is 6.24. The Balaban J connectivity index is 0.873. The fraction of sp³-hybridized carbons (Fsp3) is 0.0820. The average Bonchev–Trinajstić information content (AvgIpc) is 3.80. The number of aromatic nitrogens is 1. The van der Waals surface area contributed by atoms with E-state index >= 15 is 0 Å². The lowest BCUT2D eigenvalue weighted by Gasteiger charge is -2.28. The molecule has 2 heteroatoms. The van der Waals surface area contributed by atoms with Crippen molar-refractivity contribution in [1.29, 1.82) is 0 Å². The van der Waals surface area contributed by atoms with E-state index in [4.69, 9.17) is 0 Å². The summed E-state index contributed by atoms with van der Waals surface area (Å²) >= 11 is 0. The maximum absolute atomic E-state index is 2.45. The monoisotopic (exact) mass is 806 g/mol. The third-order valence-corrected chi connectivity index (χ3v) is 13.7. The predicted molar refractivity (Wildman–Crippen MR) is 267 cm³/mol. The molecular weight excluding hydrogens is 761 g/mol. The molecule has 0 aliphatic heterocycles. The fourth-order valence-electron chi connectivity index (χ4n) is 10.4. The first-order valence-electron chi connectivity index (χ1n) is 22.2. The van der Waals surface area contributed by atoms with Crippen LogP contribution in [0.1, 0.15) is 42.7 Å². The molecule has 12 rings (SSSR count). The van der Waals surface area contributed by atoms with Crippen LogP contribution in [0, 0.1) is 0 Å². The molecule has 1 heterocycles. The molecule has 9 aromatic carbocycles. The molecular formula is C61H46N2. The molecule has 0 spiro atoms. The van der Waals surface area contributed by atoms with Gasteiger partial charge in [0.15, 0.2) is 0 Å². The minimum atomic E-state index is -0.0910. The van der Waals surface area contributed by atoms with Crippen LogP contribution in [-0.4, -0.2) is 4.57 Å². The van der Waals surface area contributed by atoms with Crippen LogP contribution in [0.2, 0.25) is 0 Å². The predicted octanol–water partition coefficient (Wildman–Crippen LogP) is 16.5. The Morgan fingerprint density at radius 2 is 1.02 bits per heavy atom. The number of allylic oxidation sites excluding steroid dienone is 1. The summed E-state index contributed by atoms with van der Waals surface area (Å²) in [6, 6.07) is 76.2. The number of benzene rings is 9. The average molecular weight is 807 g/mol. The van der Waals surface area contributed by atoms with Gasteiger partial charge in [-0.3, -0.25) is 0 Å². The summed E-state index contributed by atoms with van der Waals surface area (Å²) in [5.74, 6) is 0. The first-order valence-corrected chi connectivity index (χ1v) is 22.2. The third-order valence-electron chi connectivity index (χ3n) is 13.7. The number of nitrogens with zero attached hydrogens (tertiary/aromatic N) is 2. The van der Waals surface area contributed by atoms with Gasteiger partial charge >= 0.3 is 0 Å². The Bertz CT molecular complexity index is 3380. The maximum atomic E-state index is 2.45. The van der Waals surface area contributed by atoms with Crippen LogP contribution in [0.4, 0.5) is 17.1 Å². The Labute approximate surface area is 369 Å². The Morgan fingerprint density at radius 1 is 0.444 bits per heavy atom. The number of fused-ring (bicyclic) bond motifs is 7. The molecule has 0 unspecified atom stereocenters. The molecule has 0 fully saturated rings. The van der Waals surface area contributed by atoms with E-state index in [0.717, 1.165) is 29.9 Å². The van der Waals surface area contributed by atoms with Gasteiger partial charge in [-0.15, -0.1) is 0 Å². The highest BCUT2D eigenvalue weighted by atomic mass is 15.1. The molecule has 2 aliphatic rings. The first kappa shape index (κ1) is 37.1. The molecule has 0 radical (unpaired) electrons. The van der Waals surface area contributed by atoms with Crippen molar-refractivity contribution < 1.29 is 0 Å². The van der Waals surface area contributed by atoms with Crippen LogP contribution in [0.5, 0.6) is 0 Å². The van der Waals surface area contributed by atoms with Crippen LogP contribution in [0.15, 0.2) is 212 Å². The quantitative estimate of drug-likeness (QED) is 0.156. The van der Waals surface area contributed by atoms with E-state index in [-0.39, 0.29) is 5.41 Å². The van der Waals surface area contributed by atoms with Crippen molar-refractivity contribution in [1.82, 2.24) is 4.57 Å². The van der Waals surface area contributed by atoms with E-state index in [1.54, 1.807) is 0 Å². The zero-order valence-electron chi connectivity index (χ0n) is 35.6. The number of anilines is 3. The molecule has 0 amide bonds. The van der Waals surface area contributed by atoms with Crippen LogP contribution in [0.25, 0.3) is 77.9 Å². The largest absolute Gasteiger partial charge is 0.310 e. The molecule has 10 aromatic rings. The van der Waals surface area contributed by atoms with Gasteiger partial charge in [-0.05, 0) is 152 Å². The zero-order chi connectivity index (χ0) is 42.1. The van der Waals surface area contributed by atoms with Gasteiger partial charge in [-0.25, -0.2) is 0 Å². The molecule has 0 atom stereocenters. The fourth-order valence-corrected chi connectivity index (χ4v) is 10.4. The molecule has 2 aliphatic carbocycles. The molecule has 2 nitrogen and oxygen atoms in total. The van der Waals surface area contributed by atoms with E-state index in [1.165, 1.54) is 94.3 Å². The van der Waals surface area contributed by atoms with E-state index in [0.29, 0.717) is 0 Å². The van der Waals surface area contributed by atoms with Gasteiger partial charge in [0.1, 0.15) is 0 Å². The number of rotatable bonds is 7. The normalized spacial score (nSPS) is 13.5. The van der Waals surface area contributed by atoms with Crippen LogP contribution in [0.3, 0.4) is 0 Å². The van der Waals surface area contributed by atoms with Gasteiger partial charge in [0.25, 0.3) is 0 Å². The minimum absolute atomic E-state index is 0.0910. The highest BCUT2D eigenvalue weighted by molar-refractivity contribution is 5.95. The zero-order valence-corrected chi connectivity index (χ0v) is 35.6. The van der Waals surface area contributed by atoms with E-state index in [9.17, 15) is 0 Å². The van der Waals surface area contributed by atoms with Crippen molar-refractivity contribution >= 4 is 44.8 Å². The Morgan fingerprint density at radius 3 is 1.75 bits per heavy atom. The summed E-state index contributed by atoms with van der Waals surface area (Å²) in [4.78, 5) is 2.40. The van der Waals surface area contributed by atoms with E-state index < -0.39 is 0 Å². The molecule has 63 heavy (non-hydrogen) atoms. The number of aryl methyl sites for hydroxylation is 1. The van der Waals surface area contributed by atoms with Crippen LogP contribution in [-0.2, 0) is 11.8 Å². The SMILES string of the molecule is CC1(C)c2ccccc2-c2ccc(N(c3ccc(-c4ccccc4)cc3)c3ccc(-c4ccc(-c5ccc6c(c5)c5c(n6-c6ccc7ccccc7c6)C=CCC5)cc4)cc3)cc21. The molecule has 0 saturated heterocycles. The summed E-state index contributed by atoms with van der Waals surface area (Å²) in [5.41, 5.74) is 21.2. The number of hydrogen-bond donors (Lipinski definition) is 0. The van der Waals surface area contributed by atoms with Gasteiger partial charge in [0.05, 0.1) is 5.52 Å². The molecule has 0 N–H and O–H groups in total. The molecule has 300 valence electrons. The minimum Gasteiger partial charge on any atom is -0.310 e. The molecule has 1 aromatic heterocycles. The topological polar surface area (TPSA) is 8.17 Å². The highest BCUT2D eigenvalue weighted by Gasteiger charge is 2.35. The summed E-state index contributed by atoms with van der Waals surface area (Å²) in [6.45, 7) is 4.71. The van der Waals surface area contributed by atoms with E-state index in [1.807, 2.05) is 0 Å². The van der Waals surface area contributed by atoms with Crippen molar-refractivity contribution in [2.24, 2.45) is 0 Å². The maximum Gasteiger partial charge on any atom is 0.0538 e. The van der Waals surface area contributed by atoms with Crippen molar-refractivity contribution in [2.75, 3.05) is 4.90 Å². The first-order chi connectivity index (χ1) is 31.0. The van der Waals surface area contributed by atoms with E-state index in [2.05, 4.69) is 242 Å². The van der Waals surface area contributed by atoms with Gasteiger partial charge in [-0.2, -0.15) is 0 Å². The second-order valence-electron chi connectivity index (χ2n) is 17.7. The second kappa shape index (κ2) is 14.8. The summed E-state index contributed by atoms with van der Waals surface area (Å²) in [6.07, 6.45) is 6.76. The van der Waals surface area contributed by atoms with Gasteiger partial charge < -0.3 is 9.47 Å². The highest BCUT2D eigenvalue weighted by Crippen LogP contribution is 2.51. The van der Waals surface area contributed by atoms with Crippen LogP contribution < -0.4 is 4.90 Å². The van der Waals surface area contributed by atoms with Gasteiger partial charge in [-0.1, -0.05) is 166 Å². The van der Waals surface area contributed by atoms with Gasteiger partial charge in [0, 0.05) is 39.2 Å². The number of hydrogen-bond acceptors (Lipinski definition) is 1. The van der Waals surface area contributed by atoms with Crippen molar-refractivity contribution in [2.45, 2.75) is 32.1 Å². The standard InChI is InChI=1S/C61H46N2/c1-61(2)57-18-10-8-16-53(57)54-36-35-52(40-58(54)61)62(49-30-24-44(25-31-49)41-12-4-3-5-13-41)50-32-26-45(27-33-50)43-20-22-46(23-21-43)48-29-37-60-56(39-48)55-17-9-11-19-59(55)63(60)51-34-28-42-14-6-7-15-47(42)38-51/h3-8,10-16,18-40H,9,17H2,1-2H3. The molecule has 0 saturated carbocycles. The van der Waals surface area contributed by atoms with Crippen molar-refractivity contribution in [3.05, 3.63) is 235 Å². The molecule has 0 bridgehead atoms. The Kier molecular flexibility index (Phi) is 8.69. The van der Waals surface area contributed by atoms with Crippen molar-refractivity contribution in [3.63, 3.8) is 0 Å². The second-order valence-corrected chi connectivity index (χ2v) is 17.7. The van der Waals surface area contributed by atoms with Gasteiger partial charge in [0.2, 0.25) is 0 Å².